The van der Waals surface area contributed by atoms with E-state index in [0.717, 1.165) is 19.4 Å². The monoisotopic (exact) mass is 376 g/mol. The van der Waals surface area contributed by atoms with Crippen molar-refractivity contribution in [2.24, 2.45) is 0 Å². The number of sulfone groups is 1. The van der Waals surface area contributed by atoms with Crippen LogP contribution in [-0.2, 0) is 19.9 Å². The van der Waals surface area contributed by atoms with Crippen LogP contribution in [-0.4, -0.2) is 54.1 Å². The zero-order valence-electron chi connectivity index (χ0n) is 13.7. The fourth-order valence-electron chi connectivity index (χ4n) is 2.39. The molecule has 136 valence electrons. The van der Waals surface area contributed by atoms with Crippen molar-refractivity contribution in [2.75, 3.05) is 31.2 Å². The quantitative estimate of drug-likeness (QED) is 0.686. The number of hydrogen-bond donors (Lipinski definition) is 2. The molecular formula is C15H24N2O5S2. The summed E-state index contributed by atoms with van der Waals surface area (Å²) in [4.78, 5) is 0.168. The van der Waals surface area contributed by atoms with Gasteiger partial charge in [-0.1, -0.05) is 6.92 Å². The highest BCUT2D eigenvalue weighted by molar-refractivity contribution is 7.91. The summed E-state index contributed by atoms with van der Waals surface area (Å²) in [7, 11) is -6.64. The number of nitrogens with one attached hydrogen (secondary N) is 2. The minimum Gasteiger partial charge on any atom is -0.493 e. The molecule has 1 aliphatic rings. The summed E-state index contributed by atoms with van der Waals surface area (Å²) >= 11 is 0. The van der Waals surface area contributed by atoms with Crippen LogP contribution >= 0.6 is 0 Å². The molecular weight excluding hydrogens is 352 g/mol. The maximum atomic E-state index is 12.3. The smallest absolute Gasteiger partial charge is 0.240 e. The summed E-state index contributed by atoms with van der Waals surface area (Å²) in [6.07, 6.45) is 1.76. The molecule has 1 fully saturated rings. The predicted octanol–water partition coefficient (Wildman–Crippen LogP) is 0.530. The Labute approximate surface area is 143 Å². The predicted molar refractivity (Wildman–Crippen MR) is 92.5 cm³/mol. The molecule has 1 aromatic rings. The Morgan fingerprint density at radius 1 is 1.21 bits per heavy atom. The molecule has 0 aromatic heterocycles. The van der Waals surface area contributed by atoms with Crippen molar-refractivity contribution < 1.29 is 21.6 Å². The van der Waals surface area contributed by atoms with Crippen LogP contribution in [0.3, 0.4) is 0 Å². The third-order valence-electron chi connectivity index (χ3n) is 3.86. The van der Waals surface area contributed by atoms with E-state index in [1.807, 2.05) is 0 Å². The lowest BCUT2D eigenvalue weighted by Gasteiger charge is -2.23. The van der Waals surface area contributed by atoms with Crippen molar-refractivity contribution >= 4 is 19.9 Å². The molecule has 0 amide bonds. The van der Waals surface area contributed by atoms with Crippen LogP contribution in [0.4, 0.5) is 0 Å². The van der Waals surface area contributed by atoms with E-state index in [2.05, 4.69) is 10.0 Å². The number of hydrogen-bond acceptors (Lipinski definition) is 6. The average molecular weight is 377 g/mol. The number of ether oxygens (including phenoxy) is 1. The first-order valence-corrected chi connectivity index (χ1v) is 11.3. The van der Waals surface area contributed by atoms with Crippen molar-refractivity contribution in [1.29, 1.82) is 0 Å². The maximum absolute atomic E-state index is 12.3. The van der Waals surface area contributed by atoms with E-state index in [1.165, 1.54) is 24.3 Å². The van der Waals surface area contributed by atoms with E-state index in [4.69, 9.17) is 4.74 Å². The molecule has 1 unspecified atom stereocenters. The highest BCUT2D eigenvalue weighted by Gasteiger charge is 2.21. The normalized spacial score (nSPS) is 19.1. The minimum atomic E-state index is -3.57. The van der Waals surface area contributed by atoms with Gasteiger partial charge in [0.05, 0.1) is 10.6 Å². The topological polar surface area (TPSA) is 102 Å². The Kier molecular flexibility index (Phi) is 6.62. The molecule has 1 heterocycles. The lowest BCUT2D eigenvalue weighted by molar-refractivity contribution is 0.340. The van der Waals surface area contributed by atoms with Crippen LogP contribution in [0.15, 0.2) is 29.2 Å². The molecule has 0 saturated carbocycles. The molecule has 0 spiro atoms. The van der Waals surface area contributed by atoms with Gasteiger partial charge in [0.25, 0.3) is 0 Å². The van der Waals surface area contributed by atoms with E-state index in [-0.39, 0.29) is 29.0 Å². The van der Waals surface area contributed by atoms with Gasteiger partial charge in [-0.15, -0.1) is 0 Å². The second kappa shape index (κ2) is 8.28. The van der Waals surface area contributed by atoms with Gasteiger partial charge in [0.2, 0.25) is 10.0 Å². The molecule has 1 aromatic carbocycles. The van der Waals surface area contributed by atoms with Crippen molar-refractivity contribution in [3.63, 3.8) is 0 Å². The first kappa shape index (κ1) is 19.2. The fourth-order valence-corrected chi connectivity index (χ4v) is 4.28. The summed E-state index contributed by atoms with van der Waals surface area (Å²) in [5.41, 5.74) is 0. The van der Waals surface area contributed by atoms with Crippen LogP contribution in [0.5, 0.6) is 5.75 Å². The number of benzene rings is 1. The molecule has 9 heteroatoms. The molecule has 1 saturated heterocycles. The van der Waals surface area contributed by atoms with Crippen molar-refractivity contribution in [2.45, 2.75) is 30.7 Å². The van der Waals surface area contributed by atoms with Gasteiger partial charge < -0.3 is 10.1 Å². The number of piperidine rings is 1. The second-order valence-electron chi connectivity index (χ2n) is 5.72. The van der Waals surface area contributed by atoms with Crippen LogP contribution in [0, 0.1) is 0 Å². The Bertz CT molecular complexity index is 724. The largest absolute Gasteiger partial charge is 0.493 e. The molecule has 1 atom stereocenters. The second-order valence-corrected chi connectivity index (χ2v) is 9.91. The molecule has 2 N–H and O–H groups in total. The summed E-state index contributed by atoms with van der Waals surface area (Å²) in [6.45, 7) is 3.18. The van der Waals surface area contributed by atoms with Gasteiger partial charge in [-0.05, 0) is 43.7 Å². The van der Waals surface area contributed by atoms with E-state index < -0.39 is 19.9 Å². The van der Waals surface area contributed by atoms with Gasteiger partial charge in [0.15, 0.2) is 9.84 Å². The zero-order valence-corrected chi connectivity index (χ0v) is 15.3. The Hall–Kier alpha value is -1.16. The highest BCUT2D eigenvalue weighted by Crippen LogP contribution is 2.17. The summed E-state index contributed by atoms with van der Waals surface area (Å²) in [5, 5.41) is 3.16. The van der Waals surface area contributed by atoms with Crippen molar-refractivity contribution in [1.82, 2.24) is 10.0 Å². The molecule has 2 rings (SSSR count). The molecule has 1 aliphatic heterocycles. The first-order chi connectivity index (χ1) is 11.3. The van der Waals surface area contributed by atoms with Crippen LogP contribution < -0.4 is 14.8 Å². The van der Waals surface area contributed by atoms with Gasteiger partial charge in [-0.3, -0.25) is 0 Å². The lowest BCUT2D eigenvalue weighted by Crippen LogP contribution is -2.45. The summed E-state index contributed by atoms with van der Waals surface area (Å²) < 4.78 is 55.5. The first-order valence-electron chi connectivity index (χ1n) is 7.99. The highest BCUT2D eigenvalue weighted by atomic mass is 32.2. The van der Waals surface area contributed by atoms with E-state index in [9.17, 15) is 16.8 Å². The average Bonchev–Trinajstić information content (AvgIpc) is 2.56. The van der Waals surface area contributed by atoms with Crippen LogP contribution in [0.2, 0.25) is 0 Å². The van der Waals surface area contributed by atoms with Gasteiger partial charge >= 0.3 is 0 Å². The molecule has 0 aliphatic carbocycles. The molecule has 0 radical (unpaired) electrons. The van der Waals surface area contributed by atoms with E-state index in [0.29, 0.717) is 12.3 Å². The minimum absolute atomic E-state index is 0.0499. The van der Waals surface area contributed by atoms with Gasteiger partial charge in [-0.2, -0.15) is 0 Å². The van der Waals surface area contributed by atoms with Gasteiger partial charge in [-0.25, -0.2) is 21.6 Å². The van der Waals surface area contributed by atoms with Crippen LogP contribution in [0.1, 0.15) is 19.8 Å². The lowest BCUT2D eigenvalue weighted by atomic mass is 10.1. The number of sulfonamides is 1. The number of rotatable bonds is 8. The van der Waals surface area contributed by atoms with E-state index >= 15 is 0 Å². The third-order valence-corrected chi connectivity index (χ3v) is 7.06. The molecule has 0 bridgehead atoms. The van der Waals surface area contributed by atoms with Crippen LogP contribution in [0.25, 0.3) is 0 Å². The Balaban J connectivity index is 1.92. The summed E-state index contributed by atoms with van der Waals surface area (Å²) in [6, 6.07) is 5.89. The zero-order chi connectivity index (χ0) is 17.6. The van der Waals surface area contributed by atoms with Gasteiger partial charge in [0, 0.05) is 18.3 Å². The Morgan fingerprint density at radius 3 is 2.50 bits per heavy atom. The van der Waals surface area contributed by atoms with E-state index in [1.54, 1.807) is 6.92 Å². The SMILES string of the molecule is CCS(=O)(=O)CCOc1ccc(S(=O)(=O)NC2CCCNC2)cc1. The van der Waals surface area contributed by atoms with Crippen molar-refractivity contribution in [3.8, 4) is 5.75 Å². The fraction of sp³-hybridized carbons (Fsp3) is 0.600. The third kappa shape index (κ3) is 5.73. The summed E-state index contributed by atoms with van der Waals surface area (Å²) in [5.74, 6) is 0.467. The van der Waals surface area contributed by atoms with Crippen molar-refractivity contribution in [3.05, 3.63) is 24.3 Å². The van der Waals surface area contributed by atoms with Gasteiger partial charge in [0.1, 0.15) is 12.4 Å². The maximum Gasteiger partial charge on any atom is 0.240 e. The standard InChI is InChI=1S/C15H24N2O5S2/c1-2-23(18,19)11-10-22-14-5-7-15(8-6-14)24(20,21)17-13-4-3-9-16-12-13/h5-8,13,16-17H,2-4,9-12H2,1H3. The molecule has 24 heavy (non-hydrogen) atoms. The molecule has 7 nitrogen and oxygen atoms in total. The Morgan fingerprint density at radius 2 is 1.92 bits per heavy atom.